The Hall–Kier alpha value is -2.49. The smallest absolute Gasteiger partial charge is 0.261 e. The van der Waals surface area contributed by atoms with Crippen LogP contribution in [0.1, 0.15) is 10.4 Å². The van der Waals surface area contributed by atoms with Gasteiger partial charge in [0.05, 0.1) is 19.8 Å². The number of carbonyl (C=O) groups is 1. The number of benzene rings is 2. The molecule has 0 unspecified atom stereocenters. The van der Waals surface area contributed by atoms with E-state index in [0.717, 1.165) is 5.69 Å². The summed E-state index contributed by atoms with van der Waals surface area (Å²) in [5.74, 6) is 1.00. The lowest BCUT2D eigenvalue weighted by molar-refractivity contribution is 0.0989. The first kappa shape index (κ1) is 13.9. The minimum absolute atomic E-state index is 0.146. The minimum Gasteiger partial charge on any atom is -0.497 e. The summed E-state index contributed by atoms with van der Waals surface area (Å²) in [5, 5.41) is 0. The highest BCUT2D eigenvalue weighted by Crippen LogP contribution is 2.26. The molecule has 0 atom stereocenters. The third-order valence-electron chi connectivity index (χ3n) is 3.09. The Morgan fingerprint density at radius 2 is 1.70 bits per heavy atom. The van der Waals surface area contributed by atoms with E-state index in [-0.39, 0.29) is 5.91 Å². The highest BCUT2D eigenvalue weighted by atomic mass is 16.5. The molecule has 104 valence electrons. The second-order valence-corrected chi connectivity index (χ2v) is 4.27. The first-order valence-electron chi connectivity index (χ1n) is 6.22. The molecule has 0 aliphatic carbocycles. The van der Waals surface area contributed by atoms with Gasteiger partial charge < -0.3 is 14.4 Å². The van der Waals surface area contributed by atoms with E-state index in [2.05, 4.69) is 0 Å². The molecule has 0 saturated carbocycles. The fourth-order valence-electron chi connectivity index (χ4n) is 1.93. The Morgan fingerprint density at radius 1 is 1.00 bits per heavy atom. The van der Waals surface area contributed by atoms with Crippen LogP contribution in [0.3, 0.4) is 0 Å². The van der Waals surface area contributed by atoms with Crippen LogP contribution >= 0.6 is 0 Å². The van der Waals surface area contributed by atoms with Crippen molar-refractivity contribution in [3.05, 3.63) is 54.1 Å². The average molecular weight is 271 g/mol. The van der Waals surface area contributed by atoms with Crippen LogP contribution in [-0.4, -0.2) is 27.2 Å². The van der Waals surface area contributed by atoms with Crippen molar-refractivity contribution in [2.75, 3.05) is 26.2 Å². The molecule has 0 saturated heterocycles. The zero-order valence-corrected chi connectivity index (χ0v) is 11.8. The van der Waals surface area contributed by atoms with Crippen LogP contribution < -0.4 is 14.4 Å². The second-order valence-electron chi connectivity index (χ2n) is 4.27. The molecule has 2 aromatic rings. The zero-order valence-electron chi connectivity index (χ0n) is 11.8. The first-order valence-corrected chi connectivity index (χ1v) is 6.22. The van der Waals surface area contributed by atoms with Crippen molar-refractivity contribution in [1.82, 2.24) is 0 Å². The van der Waals surface area contributed by atoms with E-state index in [1.54, 1.807) is 44.4 Å². The van der Waals surface area contributed by atoms with Gasteiger partial charge in [-0.1, -0.05) is 18.2 Å². The molecule has 0 aromatic heterocycles. The Bertz CT molecular complexity index is 596. The van der Waals surface area contributed by atoms with Crippen LogP contribution in [0.5, 0.6) is 11.5 Å². The van der Waals surface area contributed by atoms with Crippen LogP contribution in [-0.2, 0) is 0 Å². The first-order chi connectivity index (χ1) is 9.67. The molecular weight excluding hydrogens is 254 g/mol. The molecule has 0 fully saturated rings. The number of nitrogens with zero attached hydrogens (tertiary/aromatic N) is 1. The van der Waals surface area contributed by atoms with E-state index in [1.165, 1.54) is 0 Å². The quantitative estimate of drug-likeness (QED) is 0.858. The molecule has 20 heavy (non-hydrogen) atoms. The van der Waals surface area contributed by atoms with Gasteiger partial charge in [0, 0.05) is 12.7 Å². The standard InChI is InChI=1S/C16H17NO3/c1-17(12-7-5-4-6-8-12)16(18)14-11-13(19-2)9-10-15(14)20-3/h4-11H,1-3H3. The predicted molar refractivity (Wildman–Crippen MR) is 78.7 cm³/mol. The number of ether oxygens (including phenoxy) is 2. The summed E-state index contributed by atoms with van der Waals surface area (Å²) in [4.78, 5) is 14.2. The summed E-state index contributed by atoms with van der Waals surface area (Å²) in [6, 6.07) is 14.6. The van der Waals surface area contributed by atoms with Crippen LogP contribution in [0, 0.1) is 0 Å². The van der Waals surface area contributed by atoms with E-state index in [4.69, 9.17) is 9.47 Å². The fourth-order valence-corrected chi connectivity index (χ4v) is 1.93. The Balaban J connectivity index is 2.37. The van der Waals surface area contributed by atoms with Gasteiger partial charge in [0.15, 0.2) is 0 Å². The fraction of sp³-hybridized carbons (Fsp3) is 0.188. The minimum atomic E-state index is -0.146. The third kappa shape index (κ3) is 2.74. The number of carbonyl (C=O) groups excluding carboxylic acids is 1. The van der Waals surface area contributed by atoms with Gasteiger partial charge in [0.2, 0.25) is 0 Å². The molecule has 4 heteroatoms. The van der Waals surface area contributed by atoms with Crippen molar-refractivity contribution in [2.24, 2.45) is 0 Å². The number of hydrogen-bond acceptors (Lipinski definition) is 3. The molecule has 0 bridgehead atoms. The van der Waals surface area contributed by atoms with E-state index < -0.39 is 0 Å². The second kappa shape index (κ2) is 6.10. The van der Waals surface area contributed by atoms with Crippen molar-refractivity contribution in [1.29, 1.82) is 0 Å². The lowest BCUT2D eigenvalue weighted by atomic mass is 10.1. The van der Waals surface area contributed by atoms with Gasteiger partial charge >= 0.3 is 0 Å². The SMILES string of the molecule is COc1ccc(OC)c(C(=O)N(C)c2ccccc2)c1. The van der Waals surface area contributed by atoms with Crippen molar-refractivity contribution in [3.63, 3.8) is 0 Å². The number of rotatable bonds is 4. The Labute approximate surface area is 118 Å². The summed E-state index contributed by atoms with van der Waals surface area (Å²) in [5.41, 5.74) is 1.29. The van der Waals surface area contributed by atoms with Crippen molar-refractivity contribution >= 4 is 11.6 Å². The molecule has 0 aliphatic rings. The van der Waals surface area contributed by atoms with E-state index in [9.17, 15) is 4.79 Å². The summed E-state index contributed by atoms with van der Waals surface area (Å²) in [6.45, 7) is 0. The molecule has 0 spiro atoms. The summed E-state index contributed by atoms with van der Waals surface area (Å²) < 4.78 is 10.4. The number of amides is 1. The molecule has 2 aromatic carbocycles. The van der Waals surface area contributed by atoms with Crippen molar-refractivity contribution < 1.29 is 14.3 Å². The topological polar surface area (TPSA) is 38.8 Å². The van der Waals surface area contributed by atoms with Crippen molar-refractivity contribution in [2.45, 2.75) is 0 Å². The lowest BCUT2D eigenvalue weighted by Crippen LogP contribution is -2.26. The molecule has 4 nitrogen and oxygen atoms in total. The number of para-hydroxylation sites is 1. The van der Waals surface area contributed by atoms with Crippen molar-refractivity contribution in [3.8, 4) is 11.5 Å². The average Bonchev–Trinajstić information content (AvgIpc) is 2.53. The molecule has 0 N–H and O–H groups in total. The van der Waals surface area contributed by atoms with Gasteiger partial charge in [-0.3, -0.25) is 4.79 Å². The van der Waals surface area contributed by atoms with Gasteiger partial charge in [-0.05, 0) is 30.3 Å². The molecule has 0 radical (unpaired) electrons. The molecule has 0 heterocycles. The van der Waals surface area contributed by atoms with Gasteiger partial charge in [-0.15, -0.1) is 0 Å². The van der Waals surface area contributed by atoms with Gasteiger partial charge in [-0.2, -0.15) is 0 Å². The molecule has 1 amide bonds. The molecule has 2 rings (SSSR count). The number of anilines is 1. The third-order valence-corrected chi connectivity index (χ3v) is 3.09. The van der Waals surface area contributed by atoms with Crippen LogP contribution in [0.2, 0.25) is 0 Å². The maximum absolute atomic E-state index is 12.6. The van der Waals surface area contributed by atoms with Crippen LogP contribution in [0.25, 0.3) is 0 Å². The van der Waals surface area contributed by atoms with Gasteiger partial charge in [0.1, 0.15) is 11.5 Å². The Morgan fingerprint density at radius 3 is 2.30 bits per heavy atom. The van der Waals surface area contributed by atoms with Crippen LogP contribution in [0.4, 0.5) is 5.69 Å². The summed E-state index contributed by atoms with van der Waals surface area (Å²) >= 11 is 0. The number of methoxy groups -OCH3 is 2. The normalized spacial score (nSPS) is 9.95. The van der Waals surface area contributed by atoms with Crippen LogP contribution in [0.15, 0.2) is 48.5 Å². The largest absolute Gasteiger partial charge is 0.497 e. The number of hydrogen-bond donors (Lipinski definition) is 0. The lowest BCUT2D eigenvalue weighted by Gasteiger charge is -2.19. The predicted octanol–water partition coefficient (Wildman–Crippen LogP) is 2.98. The molecule has 0 aliphatic heterocycles. The Kier molecular flexibility index (Phi) is 4.25. The van der Waals surface area contributed by atoms with E-state index in [1.807, 2.05) is 30.3 Å². The van der Waals surface area contributed by atoms with E-state index >= 15 is 0 Å². The maximum Gasteiger partial charge on any atom is 0.261 e. The zero-order chi connectivity index (χ0) is 14.5. The molecular formula is C16H17NO3. The summed E-state index contributed by atoms with van der Waals surface area (Å²) in [7, 11) is 4.84. The monoisotopic (exact) mass is 271 g/mol. The van der Waals surface area contributed by atoms with Gasteiger partial charge in [0.25, 0.3) is 5.91 Å². The highest BCUT2D eigenvalue weighted by molar-refractivity contribution is 6.07. The summed E-state index contributed by atoms with van der Waals surface area (Å²) in [6.07, 6.45) is 0. The highest BCUT2D eigenvalue weighted by Gasteiger charge is 2.18. The maximum atomic E-state index is 12.6. The van der Waals surface area contributed by atoms with Gasteiger partial charge in [-0.25, -0.2) is 0 Å². The van der Waals surface area contributed by atoms with E-state index in [0.29, 0.717) is 17.1 Å².